The maximum absolute atomic E-state index is 12.5. The molecule has 20 heavy (non-hydrogen) atoms. The zero-order chi connectivity index (χ0) is 14.9. The Morgan fingerprint density at radius 1 is 1.50 bits per heavy atom. The number of aryl methyl sites for hydroxylation is 1. The lowest BCUT2D eigenvalue weighted by atomic mass is 9.76. The van der Waals surface area contributed by atoms with Crippen LogP contribution in [0.25, 0.3) is 0 Å². The second-order valence-electron chi connectivity index (χ2n) is 5.70. The molecule has 2 heterocycles. The van der Waals surface area contributed by atoms with Crippen molar-refractivity contribution in [1.82, 2.24) is 4.90 Å². The molecular formula is C15H21NO4. The van der Waals surface area contributed by atoms with E-state index in [-0.39, 0.29) is 18.4 Å². The van der Waals surface area contributed by atoms with Crippen molar-refractivity contribution in [3.05, 3.63) is 23.7 Å². The first-order valence-electron chi connectivity index (χ1n) is 7.01. The van der Waals surface area contributed by atoms with E-state index in [1.54, 1.807) is 11.0 Å². The predicted molar refractivity (Wildman–Crippen MR) is 73.5 cm³/mol. The van der Waals surface area contributed by atoms with Gasteiger partial charge in [-0.15, -0.1) is 0 Å². The van der Waals surface area contributed by atoms with Crippen molar-refractivity contribution in [3.8, 4) is 0 Å². The maximum Gasteiger partial charge on any atom is 0.311 e. The molecule has 0 bridgehead atoms. The number of carbonyl (C=O) groups excluding carboxylic acids is 1. The lowest BCUT2D eigenvalue weighted by Gasteiger charge is -2.28. The summed E-state index contributed by atoms with van der Waals surface area (Å²) in [5, 5.41) is 9.51. The molecule has 1 aliphatic heterocycles. The van der Waals surface area contributed by atoms with Crippen LogP contribution in [0.4, 0.5) is 0 Å². The van der Waals surface area contributed by atoms with Crippen molar-refractivity contribution in [1.29, 1.82) is 0 Å². The normalized spacial score (nSPS) is 22.5. The highest BCUT2D eigenvalue weighted by Gasteiger charge is 2.48. The van der Waals surface area contributed by atoms with Crippen molar-refractivity contribution in [2.45, 2.75) is 33.6 Å². The zero-order valence-electron chi connectivity index (χ0n) is 12.2. The largest absolute Gasteiger partial charge is 0.481 e. The fourth-order valence-corrected chi connectivity index (χ4v) is 2.87. The molecule has 0 aromatic carbocycles. The van der Waals surface area contributed by atoms with E-state index in [1.165, 1.54) is 6.26 Å². The van der Waals surface area contributed by atoms with Gasteiger partial charge in [-0.25, -0.2) is 0 Å². The van der Waals surface area contributed by atoms with E-state index >= 15 is 0 Å². The number of carboxylic acid groups (broad SMARTS) is 1. The third-order valence-corrected chi connectivity index (χ3v) is 4.42. The summed E-state index contributed by atoms with van der Waals surface area (Å²) in [6.45, 7) is 6.48. The van der Waals surface area contributed by atoms with Crippen LogP contribution in [-0.4, -0.2) is 35.0 Å². The van der Waals surface area contributed by atoms with E-state index in [0.717, 1.165) is 0 Å². The lowest BCUT2D eigenvalue weighted by Crippen LogP contribution is -2.40. The minimum absolute atomic E-state index is 0.00667. The maximum atomic E-state index is 12.5. The van der Waals surface area contributed by atoms with E-state index in [0.29, 0.717) is 30.7 Å². The van der Waals surface area contributed by atoms with E-state index in [2.05, 4.69) is 0 Å². The average Bonchev–Trinajstić information content (AvgIpc) is 3.05. The smallest absolute Gasteiger partial charge is 0.311 e. The summed E-state index contributed by atoms with van der Waals surface area (Å²) in [6, 6.07) is 1.66. The molecule has 1 unspecified atom stereocenters. The molecule has 110 valence electrons. The monoisotopic (exact) mass is 279 g/mol. The summed E-state index contributed by atoms with van der Waals surface area (Å²) in [6.07, 6.45) is 2.66. The van der Waals surface area contributed by atoms with Gasteiger partial charge in [-0.05, 0) is 18.4 Å². The number of hydrogen-bond acceptors (Lipinski definition) is 3. The van der Waals surface area contributed by atoms with Crippen molar-refractivity contribution in [2.75, 3.05) is 13.1 Å². The van der Waals surface area contributed by atoms with Crippen LogP contribution in [-0.2, 0) is 11.2 Å². The molecule has 2 rings (SSSR count). The fourth-order valence-electron chi connectivity index (χ4n) is 2.87. The average molecular weight is 279 g/mol. The second kappa shape index (κ2) is 5.31. The van der Waals surface area contributed by atoms with Gasteiger partial charge in [0, 0.05) is 19.5 Å². The van der Waals surface area contributed by atoms with Gasteiger partial charge in [0.05, 0.1) is 17.2 Å². The minimum atomic E-state index is -0.828. The molecule has 1 atom stereocenters. The van der Waals surface area contributed by atoms with Gasteiger partial charge in [-0.2, -0.15) is 0 Å². The number of carbonyl (C=O) groups is 2. The van der Waals surface area contributed by atoms with Gasteiger partial charge in [0.25, 0.3) is 5.91 Å². The van der Waals surface area contributed by atoms with Crippen LogP contribution in [0, 0.1) is 11.3 Å². The summed E-state index contributed by atoms with van der Waals surface area (Å²) in [4.78, 5) is 25.7. The molecule has 1 aromatic heterocycles. The topological polar surface area (TPSA) is 70.8 Å². The van der Waals surface area contributed by atoms with Crippen molar-refractivity contribution < 1.29 is 19.1 Å². The van der Waals surface area contributed by atoms with Gasteiger partial charge >= 0.3 is 5.97 Å². The van der Waals surface area contributed by atoms with Gasteiger partial charge in [-0.1, -0.05) is 20.8 Å². The molecule has 1 aliphatic rings. The highest BCUT2D eigenvalue weighted by atomic mass is 16.4. The number of likely N-dealkylation sites (tertiary alicyclic amines) is 1. The Labute approximate surface area is 118 Å². The molecular weight excluding hydrogens is 258 g/mol. The number of aliphatic carboxylic acids is 1. The fraction of sp³-hybridized carbons (Fsp3) is 0.600. The van der Waals surface area contributed by atoms with Gasteiger partial charge in [-0.3, -0.25) is 9.59 Å². The predicted octanol–water partition coefficient (Wildman–Crippen LogP) is 2.41. The van der Waals surface area contributed by atoms with Gasteiger partial charge in [0.15, 0.2) is 0 Å². The molecule has 5 heteroatoms. The number of nitrogens with zero attached hydrogens (tertiary/aromatic N) is 1. The molecule has 5 nitrogen and oxygen atoms in total. The standard InChI is InChI=1S/C15H21NO4/c1-4-12-11(5-8-20-12)13(17)16-7-6-15(9-16,10(2)3)14(18)19/h5,8,10H,4,6-7,9H2,1-3H3,(H,18,19). The Kier molecular flexibility index (Phi) is 3.88. The quantitative estimate of drug-likeness (QED) is 0.918. The van der Waals surface area contributed by atoms with Crippen LogP contribution >= 0.6 is 0 Å². The minimum Gasteiger partial charge on any atom is -0.481 e. The zero-order valence-corrected chi connectivity index (χ0v) is 12.2. The Morgan fingerprint density at radius 2 is 2.20 bits per heavy atom. The molecule has 1 aromatic rings. The van der Waals surface area contributed by atoms with E-state index in [4.69, 9.17) is 4.42 Å². The third-order valence-electron chi connectivity index (χ3n) is 4.42. The Bertz CT molecular complexity index is 520. The van der Waals surface area contributed by atoms with Crippen LogP contribution in [0.1, 0.15) is 43.3 Å². The first kappa shape index (κ1) is 14.6. The van der Waals surface area contributed by atoms with Gasteiger partial charge in [0.1, 0.15) is 5.76 Å². The highest BCUT2D eigenvalue weighted by molar-refractivity contribution is 5.96. The van der Waals surface area contributed by atoms with Crippen LogP contribution in [0.3, 0.4) is 0 Å². The number of hydrogen-bond donors (Lipinski definition) is 1. The molecule has 0 saturated carbocycles. The number of carboxylic acids is 1. The summed E-state index contributed by atoms with van der Waals surface area (Å²) in [5.74, 6) is -0.287. The molecule has 1 saturated heterocycles. The van der Waals surface area contributed by atoms with Gasteiger partial charge < -0.3 is 14.4 Å². The molecule has 1 amide bonds. The molecule has 0 spiro atoms. The first-order chi connectivity index (χ1) is 9.42. The molecule has 1 N–H and O–H groups in total. The second-order valence-corrected chi connectivity index (χ2v) is 5.70. The van der Waals surface area contributed by atoms with Crippen LogP contribution in [0.5, 0.6) is 0 Å². The van der Waals surface area contributed by atoms with Crippen molar-refractivity contribution in [2.24, 2.45) is 11.3 Å². The van der Waals surface area contributed by atoms with E-state index < -0.39 is 11.4 Å². The Balaban J connectivity index is 2.21. The first-order valence-corrected chi connectivity index (χ1v) is 7.01. The number of rotatable bonds is 4. The lowest BCUT2D eigenvalue weighted by molar-refractivity contribution is -0.150. The number of amides is 1. The number of furan rings is 1. The van der Waals surface area contributed by atoms with Crippen molar-refractivity contribution in [3.63, 3.8) is 0 Å². The van der Waals surface area contributed by atoms with Crippen LogP contribution in [0.15, 0.2) is 16.7 Å². The van der Waals surface area contributed by atoms with E-state index in [1.807, 2.05) is 20.8 Å². The van der Waals surface area contributed by atoms with Crippen LogP contribution in [0.2, 0.25) is 0 Å². The summed E-state index contributed by atoms with van der Waals surface area (Å²) in [7, 11) is 0. The molecule has 0 radical (unpaired) electrons. The summed E-state index contributed by atoms with van der Waals surface area (Å²) in [5.41, 5.74) is -0.274. The third kappa shape index (κ3) is 2.21. The van der Waals surface area contributed by atoms with Crippen LogP contribution < -0.4 is 0 Å². The van der Waals surface area contributed by atoms with Gasteiger partial charge in [0.2, 0.25) is 0 Å². The van der Waals surface area contributed by atoms with Crippen molar-refractivity contribution >= 4 is 11.9 Å². The highest BCUT2D eigenvalue weighted by Crippen LogP contribution is 2.38. The molecule has 1 fully saturated rings. The Hall–Kier alpha value is -1.78. The Morgan fingerprint density at radius 3 is 2.70 bits per heavy atom. The summed E-state index contributed by atoms with van der Waals surface area (Å²) < 4.78 is 5.28. The SMILES string of the molecule is CCc1occc1C(=O)N1CCC(C(=O)O)(C(C)C)C1. The summed E-state index contributed by atoms with van der Waals surface area (Å²) >= 11 is 0. The van der Waals surface area contributed by atoms with E-state index in [9.17, 15) is 14.7 Å². The molecule has 0 aliphatic carbocycles.